The summed E-state index contributed by atoms with van der Waals surface area (Å²) in [5.74, 6) is 0.108. The maximum absolute atomic E-state index is 11.9. The van der Waals surface area contributed by atoms with Gasteiger partial charge in [-0.25, -0.2) is 0 Å². The van der Waals surface area contributed by atoms with E-state index in [1.165, 1.54) is 12.1 Å². The van der Waals surface area contributed by atoms with Gasteiger partial charge < -0.3 is 0 Å². The van der Waals surface area contributed by atoms with Crippen LogP contribution < -0.4 is 0 Å². The lowest BCUT2D eigenvalue weighted by Gasteiger charge is -2.16. The van der Waals surface area contributed by atoms with Crippen LogP contribution in [0.5, 0.6) is 0 Å². The van der Waals surface area contributed by atoms with Crippen LogP contribution >= 0.6 is 0 Å². The maximum atomic E-state index is 11.9. The highest BCUT2D eigenvalue weighted by molar-refractivity contribution is 6.17. The second-order valence-corrected chi connectivity index (χ2v) is 4.19. The number of nitro groups is 1. The number of para-hydroxylation sites is 1. The molecule has 0 N–H and O–H groups in total. The zero-order chi connectivity index (χ0) is 14.1. The molecule has 6 heteroatoms. The van der Waals surface area contributed by atoms with E-state index in [9.17, 15) is 14.9 Å². The first-order valence-electron chi connectivity index (χ1n) is 5.89. The van der Waals surface area contributed by atoms with Crippen molar-refractivity contribution in [2.45, 2.75) is 0 Å². The van der Waals surface area contributed by atoms with E-state index in [1.54, 1.807) is 47.5 Å². The van der Waals surface area contributed by atoms with Gasteiger partial charge in [0.2, 0.25) is 0 Å². The van der Waals surface area contributed by atoms with E-state index in [1.807, 2.05) is 0 Å². The third kappa shape index (κ3) is 1.93. The molecule has 0 spiro atoms. The van der Waals surface area contributed by atoms with E-state index in [0.29, 0.717) is 17.1 Å². The van der Waals surface area contributed by atoms with Crippen LogP contribution in [0.4, 0.5) is 5.69 Å². The minimum absolute atomic E-state index is 0.0437. The fourth-order valence-electron chi connectivity index (χ4n) is 2.05. The monoisotopic (exact) mass is 267 g/mol. The van der Waals surface area contributed by atoms with E-state index in [2.05, 4.69) is 4.99 Å². The van der Waals surface area contributed by atoms with Crippen LogP contribution in [0.3, 0.4) is 0 Å². The summed E-state index contributed by atoms with van der Waals surface area (Å²) in [7, 11) is 0. The van der Waals surface area contributed by atoms with Crippen molar-refractivity contribution in [2.75, 3.05) is 0 Å². The zero-order valence-electron chi connectivity index (χ0n) is 10.3. The summed E-state index contributed by atoms with van der Waals surface area (Å²) in [5.41, 5.74) is 0.632. The fourth-order valence-corrected chi connectivity index (χ4v) is 2.05. The van der Waals surface area contributed by atoms with Gasteiger partial charge in [-0.15, -0.1) is 0 Å². The number of aliphatic imine (C=N–C) groups is 1. The minimum atomic E-state index is -0.473. The molecular formula is C14H9N3O3. The summed E-state index contributed by atoms with van der Waals surface area (Å²) >= 11 is 0. The van der Waals surface area contributed by atoms with Crippen LogP contribution in [0.2, 0.25) is 0 Å². The van der Waals surface area contributed by atoms with Gasteiger partial charge in [0.1, 0.15) is 11.5 Å². The lowest BCUT2D eigenvalue weighted by Crippen LogP contribution is -2.20. The Morgan fingerprint density at radius 2 is 2.05 bits per heavy atom. The van der Waals surface area contributed by atoms with Crippen LogP contribution in [0, 0.1) is 10.1 Å². The van der Waals surface area contributed by atoms with E-state index < -0.39 is 10.8 Å². The number of nitrogens with zero attached hydrogens (tertiary/aromatic N) is 3. The van der Waals surface area contributed by atoms with E-state index >= 15 is 0 Å². The Morgan fingerprint density at radius 3 is 2.85 bits per heavy atom. The van der Waals surface area contributed by atoms with Gasteiger partial charge in [-0.2, -0.15) is 4.99 Å². The molecule has 0 atom stereocenters. The number of hydrogen-bond acceptors (Lipinski definition) is 4. The molecule has 0 saturated heterocycles. The van der Waals surface area contributed by atoms with Crippen LogP contribution in [0.1, 0.15) is 5.56 Å². The predicted octanol–water partition coefficient (Wildman–Crippen LogP) is 2.26. The van der Waals surface area contributed by atoms with Gasteiger partial charge in [0, 0.05) is 12.3 Å². The number of carbonyl (C=O) groups excluding carboxylic acids is 1. The number of fused-ring (bicyclic) bond motifs is 1. The third-order valence-corrected chi connectivity index (χ3v) is 2.96. The molecule has 0 fully saturated rings. The maximum Gasteiger partial charge on any atom is 0.295 e. The quantitative estimate of drug-likeness (QED) is 0.468. The molecule has 0 aliphatic carbocycles. The Labute approximate surface area is 114 Å². The van der Waals surface area contributed by atoms with Crippen molar-refractivity contribution in [1.29, 1.82) is 0 Å². The minimum Gasteiger partial charge on any atom is -0.297 e. The van der Waals surface area contributed by atoms with Gasteiger partial charge in [-0.05, 0) is 24.3 Å². The number of amidine groups is 1. The number of hydrogen-bond donors (Lipinski definition) is 0. The summed E-state index contributed by atoms with van der Waals surface area (Å²) in [6, 6.07) is 6.27. The highest BCUT2D eigenvalue weighted by Crippen LogP contribution is 2.26. The van der Waals surface area contributed by atoms with E-state index in [4.69, 9.17) is 0 Å². The SMILES string of the molecule is O=C1N=C2C=CC=CN2/C1=C/c1ccccc1[N+](=O)[O-]. The Balaban J connectivity index is 2.06. The fraction of sp³-hybridized carbons (Fsp3) is 0. The summed E-state index contributed by atoms with van der Waals surface area (Å²) in [6.45, 7) is 0. The summed E-state index contributed by atoms with van der Waals surface area (Å²) < 4.78 is 0. The van der Waals surface area contributed by atoms with Gasteiger partial charge in [0.05, 0.1) is 10.5 Å². The second-order valence-electron chi connectivity index (χ2n) is 4.19. The largest absolute Gasteiger partial charge is 0.297 e. The molecule has 1 aromatic rings. The van der Waals surface area contributed by atoms with Gasteiger partial charge in [-0.1, -0.05) is 18.2 Å². The van der Waals surface area contributed by atoms with Gasteiger partial charge >= 0.3 is 0 Å². The molecular weight excluding hydrogens is 258 g/mol. The smallest absolute Gasteiger partial charge is 0.295 e. The number of carbonyl (C=O) groups is 1. The van der Waals surface area contributed by atoms with Crippen LogP contribution in [0.25, 0.3) is 6.08 Å². The van der Waals surface area contributed by atoms with Crippen LogP contribution in [-0.4, -0.2) is 21.6 Å². The first-order chi connectivity index (χ1) is 9.66. The number of nitro benzene ring substituents is 1. The van der Waals surface area contributed by atoms with Crippen molar-refractivity contribution in [3.8, 4) is 0 Å². The molecule has 1 aromatic carbocycles. The summed E-state index contributed by atoms with van der Waals surface area (Å²) in [6.07, 6.45) is 8.43. The Morgan fingerprint density at radius 1 is 1.25 bits per heavy atom. The second kappa shape index (κ2) is 4.58. The lowest BCUT2D eigenvalue weighted by molar-refractivity contribution is -0.385. The average Bonchev–Trinajstić information content (AvgIpc) is 2.76. The molecule has 20 heavy (non-hydrogen) atoms. The molecule has 0 aromatic heterocycles. The van der Waals surface area contributed by atoms with Gasteiger partial charge in [-0.3, -0.25) is 19.8 Å². The van der Waals surface area contributed by atoms with Gasteiger partial charge in [0.25, 0.3) is 11.6 Å². The first-order valence-corrected chi connectivity index (χ1v) is 5.89. The van der Waals surface area contributed by atoms with Crippen molar-refractivity contribution in [3.63, 3.8) is 0 Å². The van der Waals surface area contributed by atoms with Crippen molar-refractivity contribution in [2.24, 2.45) is 4.99 Å². The van der Waals surface area contributed by atoms with Crippen molar-refractivity contribution in [1.82, 2.24) is 4.90 Å². The molecule has 2 aliphatic rings. The first kappa shape index (κ1) is 12.0. The number of allylic oxidation sites excluding steroid dienone is 2. The standard InChI is InChI=1S/C14H9N3O3/c18-14-12(16-8-4-3-7-13(16)15-14)9-10-5-1-2-6-11(10)17(19)20/h1-9H/b12-9+. The van der Waals surface area contributed by atoms with Crippen molar-refractivity contribution >= 4 is 23.5 Å². The van der Waals surface area contributed by atoms with Crippen LogP contribution in [0.15, 0.2) is 59.4 Å². The molecule has 2 heterocycles. The molecule has 98 valence electrons. The average molecular weight is 267 g/mol. The Hall–Kier alpha value is -3.02. The molecule has 0 radical (unpaired) electrons. The lowest BCUT2D eigenvalue weighted by atomic mass is 10.1. The molecule has 3 rings (SSSR count). The Bertz CT molecular complexity index is 729. The highest BCUT2D eigenvalue weighted by Gasteiger charge is 2.28. The topological polar surface area (TPSA) is 75.8 Å². The Kier molecular flexibility index (Phi) is 2.76. The molecule has 6 nitrogen and oxygen atoms in total. The highest BCUT2D eigenvalue weighted by atomic mass is 16.6. The van der Waals surface area contributed by atoms with Gasteiger partial charge in [0.15, 0.2) is 0 Å². The van der Waals surface area contributed by atoms with E-state index in [0.717, 1.165) is 0 Å². The van der Waals surface area contributed by atoms with Crippen molar-refractivity contribution in [3.05, 3.63) is 70.1 Å². The molecule has 0 bridgehead atoms. The zero-order valence-corrected chi connectivity index (χ0v) is 10.3. The summed E-state index contributed by atoms with van der Waals surface area (Å²) in [4.78, 5) is 27.9. The van der Waals surface area contributed by atoms with Crippen molar-refractivity contribution < 1.29 is 9.72 Å². The summed E-state index contributed by atoms with van der Waals surface area (Å²) in [5, 5.41) is 11.0. The number of rotatable bonds is 2. The van der Waals surface area contributed by atoms with Crippen LogP contribution in [-0.2, 0) is 4.79 Å². The molecule has 1 amide bonds. The number of benzene rings is 1. The number of amides is 1. The molecule has 0 unspecified atom stereocenters. The molecule has 0 saturated carbocycles. The normalized spacial score (nSPS) is 18.4. The molecule has 2 aliphatic heterocycles. The third-order valence-electron chi connectivity index (χ3n) is 2.96. The predicted molar refractivity (Wildman–Crippen MR) is 73.6 cm³/mol. The van der Waals surface area contributed by atoms with E-state index in [-0.39, 0.29) is 5.69 Å².